The van der Waals surface area contributed by atoms with Crippen LogP contribution in [-0.4, -0.2) is 42.0 Å². The molecule has 185 valence electrons. The summed E-state index contributed by atoms with van der Waals surface area (Å²) in [6, 6.07) is 6.33. The second kappa shape index (κ2) is 9.92. The first-order valence-corrected chi connectivity index (χ1v) is 12.6. The minimum atomic E-state index is -0.444. The molecule has 3 aromatic heterocycles. The minimum absolute atomic E-state index is 0.0424. The van der Waals surface area contributed by atoms with Gasteiger partial charge < -0.3 is 13.8 Å². The number of carbonyl (C=O) groups is 1. The SMILES string of the molecule is CC(=O)c1cc(C(C)C)n([B-](n2nc(C(C)C)cc2C(C)C)n2nc(C(C)C)cc2C(C)C)n1. The molecular formula is C26H41BN6O-. The van der Waals surface area contributed by atoms with Gasteiger partial charge in [-0.1, -0.05) is 69.2 Å². The number of rotatable bonds is 9. The maximum absolute atomic E-state index is 12.3. The summed E-state index contributed by atoms with van der Waals surface area (Å²) in [5.41, 5.74) is 5.79. The van der Waals surface area contributed by atoms with E-state index in [2.05, 4.69) is 90.6 Å². The quantitative estimate of drug-likeness (QED) is 0.287. The first kappa shape index (κ1) is 26.0. The summed E-state index contributed by atoms with van der Waals surface area (Å²) in [6.45, 7) is 23.2. The van der Waals surface area contributed by atoms with Gasteiger partial charge in [0.1, 0.15) is 5.69 Å². The molecule has 1 radical (unpaired) electrons. The first-order chi connectivity index (χ1) is 15.8. The smallest absolute Gasteiger partial charge is 0.261 e. The van der Waals surface area contributed by atoms with Gasteiger partial charge in [-0.3, -0.25) is 4.79 Å². The van der Waals surface area contributed by atoms with Crippen molar-refractivity contribution in [1.82, 2.24) is 29.1 Å². The van der Waals surface area contributed by atoms with E-state index in [0.29, 0.717) is 17.5 Å². The molecule has 0 aliphatic rings. The monoisotopic (exact) mass is 464 g/mol. The second-order valence-corrected chi connectivity index (χ2v) is 11.0. The van der Waals surface area contributed by atoms with E-state index in [-0.39, 0.29) is 23.5 Å². The fourth-order valence-corrected chi connectivity index (χ4v) is 4.16. The van der Waals surface area contributed by atoms with Crippen molar-refractivity contribution in [2.75, 3.05) is 0 Å². The summed E-state index contributed by atoms with van der Waals surface area (Å²) in [7, 11) is -0.444. The van der Waals surface area contributed by atoms with Gasteiger partial charge in [-0.25, -0.2) is 15.3 Å². The zero-order chi connectivity index (χ0) is 25.5. The minimum Gasteiger partial charge on any atom is -0.422 e. The largest absolute Gasteiger partial charge is 0.422 e. The van der Waals surface area contributed by atoms with Gasteiger partial charge in [0.15, 0.2) is 5.78 Å². The van der Waals surface area contributed by atoms with Gasteiger partial charge in [0.2, 0.25) is 0 Å². The predicted molar refractivity (Wildman–Crippen MR) is 139 cm³/mol. The standard InChI is InChI=1S/C26H41BN6O/c1-15(2)21-12-24(17(5)6)31(28-21)27(32-25(18(7)8)13-22(29-32)16(3)4)33-26(19(9)10)14-23(30-33)20(11)34/h12-19H,1-11H3/q-1. The van der Waals surface area contributed by atoms with Crippen LogP contribution in [-0.2, 0) is 0 Å². The van der Waals surface area contributed by atoms with Crippen LogP contribution >= 0.6 is 0 Å². The fraction of sp³-hybridized carbons (Fsp3) is 0.615. The number of hydrogen-bond acceptors (Lipinski definition) is 4. The van der Waals surface area contributed by atoms with Crippen LogP contribution in [0.2, 0.25) is 0 Å². The van der Waals surface area contributed by atoms with Gasteiger partial charge in [-0.15, -0.1) is 0 Å². The summed E-state index contributed by atoms with van der Waals surface area (Å²) in [5, 5.41) is 15.0. The van der Waals surface area contributed by atoms with E-state index < -0.39 is 7.12 Å². The Morgan fingerprint density at radius 3 is 1.29 bits per heavy atom. The van der Waals surface area contributed by atoms with Crippen LogP contribution in [0.4, 0.5) is 0 Å². The summed E-state index contributed by atoms with van der Waals surface area (Å²) >= 11 is 0. The number of hydrogen-bond donors (Lipinski definition) is 0. The van der Waals surface area contributed by atoms with E-state index in [1.165, 1.54) is 0 Å². The lowest BCUT2D eigenvalue weighted by Gasteiger charge is -2.36. The molecule has 0 unspecified atom stereocenters. The number of Topliss-reactive ketones (excluding diaryl/α,β-unsaturated/α-hetero) is 1. The Kier molecular flexibility index (Phi) is 7.58. The highest BCUT2D eigenvalue weighted by molar-refractivity contribution is 6.53. The maximum Gasteiger partial charge on any atom is 0.261 e. The molecule has 3 rings (SSSR count). The maximum atomic E-state index is 12.3. The number of carbonyl (C=O) groups excluding carboxylic acids is 1. The molecule has 0 saturated carbocycles. The van der Waals surface area contributed by atoms with Gasteiger partial charge in [-0.05, 0) is 64.9 Å². The number of nitrogens with zero attached hydrogens (tertiary/aromatic N) is 6. The summed E-state index contributed by atoms with van der Waals surface area (Å²) in [6.07, 6.45) is 0. The number of ketones is 1. The van der Waals surface area contributed by atoms with Crippen molar-refractivity contribution in [3.05, 3.63) is 52.4 Å². The molecule has 3 heterocycles. The lowest BCUT2D eigenvalue weighted by Crippen LogP contribution is -2.47. The van der Waals surface area contributed by atoms with Gasteiger partial charge >= 0.3 is 0 Å². The summed E-state index contributed by atoms with van der Waals surface area (Å²) in [5.74, 6) is 1.24. The van der Waals surface area contributed by atoms with E-state index in [0.717, 1.165) is 28.5 Å². The van der Waals surface area contributed by atoms with Crippen molar-refractivity contribution < 1.29 is 4.79 Å². The number of aromatic nitrogens is 6. The van der Waals surface area contributed by atoms with Crippen molar-refractivity contribution in [3.8, 4) is 0 Å². The highest BCUT2D eigenvalue weighted by Crippen LogP contribution is 2.27. The molecule has 0 aliphatic carbocycles. The van der Waals surface area contributed by atoms with E-state index in [1.54, 1.807) is 6.92 Å². The van der Waals surface area contributed by atoms with Gasteiger partial charge in [0, 0.05) is 6.92 Å². The molecule has 0 N–H and O–H groups in total. The van der Waals surface area contributed by atoms with E-state index in [4.69, 9.17) is 15.3 Å². The molecule has 8 heteroatoms. The molecule has 0 amide bonds. The Morgan fingerprint density at radius 2 is 0.971 bits per heavy atom. The highest BCUT2D eigenvalue weighted by Gasteiger charge is 2.25. The highest BCUT2D eigenvalue weighted by atomic mass is 16.1. The molecular weight excluding hydrogens is 423 g/mol. The predicted octanol–water partition coefficient (Wildman–Crippen LogP) is 6.03. The Morgan fingerprint density at radius 1 is 0.618 bits per heavy atom. The topological polar surface area (TPSA) is 70.5 Å². The third-order valence-corrected chi connectivity index (χ3v) is 6.31. The third-order valence-electron chi connectivity index (χ3n) is 6.31. The zero-order valence-corrected chi connectivity index (χ0v) is 22.8. The Bertz CT molecular complexity index is 1090. The average Bonchev–Trinajstić information content (AvgIpc) is 3.45. The lowest BCUT2D eigenvalue weighted by atomic mass is 9.89. The van der Waals surface area contributed by atoms with Crippen molar-refractivity contribution in [3.63, 3.8) is 0 Å². The molecule has 34 heavy (non-hydrogen) atoms. The van der Waals surface area contributed by atoms with Crippen molar-refractivity contribution in [1.29, 1.82) is 0 Å². The normalized spacial score (nSPS) is 12.5. The third kappa shape index (κ3) is 4.91. The zero-order valence-electron chi connectivity index (χ0n) is 22.8. The molecule has 0 fully saturated rings. The second-order valence-electron chi connectivity index (χ2n) is 11.0. The summed E-state index contributed by atoms with van der Waals surface area (Å²) in [4.78, 5) is 12.3. The molecule has 0 aromatic carbocycles. The first-order valence-electron chi connectivity index (χ1n) is 12.6. The Labute approximate surface area is 205 Å². The van der Waals surface area contributed by atoms with Gasteiger partial charge in [-0.2, -0.15) is 0 Å². The van der Waals surface area contributed by atoms with E-state index in [9.17, 15) is 4.79 Å². The molecule has 3 aromatic rings. The van der Waals surface area contributed by atoms with Gasteiger partial charge in [0.05, 0.1) is 11.4 Å². The van der Waals surface area contributed by atoms with Gasteiger partial charge in [0.25, 0.3) is 7.12 Å². The fourth-order valence-electron chi connectivity index (χ4n) is 4.16. The van der Waals surface area contributed by atoms with Crippen LogP contribution < -0.4 is 0 Å². The van der Waals surface area contributed by atoms with Crippen LogP contribution in [0.25, 0.3) is 0 Å². The molecule has 0 saturated heterocycles. The molecule has 0 spiro atoms. The molecule has 0 bridgehead atoms. The van der Waals surface area contributed by atoms with E-state index >= 15 is 0 Å². The lowest BCUT2D eigenvalue weighted by molar-refractivity contribution is 0.101. The van der Waals surface area contributed by atoms with Crippen molar-refractivity contribution >= 4 is 12.9 Å². The van der Waals surface area contributed by atoms with E-state index in [1.807, 2.05) is 10.7 Å². The van der Waals surface area contributed by atoms with Crippen LogP contribution in [0, 0.1) is 0 Å². The molecule has 0 atom stereocenters. The average molecular weight is 464 g/mol. The molecule has 0 aliphatic heterocycles. The van der Waals surface area contributed by atoms with Crippen molar-refractivity contribution in [2.24, 2.45) is 0 Å². The van der Waals surface area contributed by atoms with Crippen LogP contribution in [0.1, 0.15) is 145 Å². The van der Waals surface area contributed by atoms with Crippen molar-refractivity contribution in [2.45, 2.75) is 106 Å². The van der Waals surface area contributed by atoms with Crippen LogP contribution in [0.5, 0.6) is 0 Å². The summed E-state index contributed by atoms with van der Waals surface area (Å²) < 4.78 is 6.12. The molecule has 7 nitrogen and oxygen atoms in total. The van der Waals surface area contributed by atoms with Crippen LogP contribution in [0.3, 0.4) is 0 Å². The Balaban J connectivity index is 2.43. The Hall–Kier alpha value is -2.64. The van der Waals surface area contributed by atoms with Crippen LogP contribution in [0.15, 0.2) is 18.2 Å².